The van der Waals surface area contributed by atoms with Crippen molar-refractivity contribution < 1.29 is 0 Å². The van der Waals surface area contributed by atoms with Crippen molar-refractivity contribution in [1.82, 2.24) is 4.31 Å². The Morgan fingerprint density at radius 2 is 2.67 bits per heavy atom. The van der Waals surface area contributed by atoms with Crippen molar-refractivity contribution >= 4 is 11.9 Å². The minimum atomic E-state index is 1.09. The average molecular weight is 100 g/mol. The van der Waals surface area contributed by atoms with Crippen LogP contribution in [0.15, 0.2) is 12.3 Å². The Kier molecular flexibility index (Phi) is 1.05. The van der Waals surface area contributed by atoms with Crippen molar-refractivity contribution in [2.24, 2.45) is 0 Å². The molecule has 1 radical (unpaired) electrons. The molecule has 6 heavy (non-hydrogen) atoms. The van der Waals surface area contributed by atoms with Crippen molar-refractivity contribution in [2.45, 2.75) is 0 Å². The maximum absolute atomic E-state index is 3.65. The first-order valence-electron chi connectivity index (χ1n) is 1.79. The predicted molar refractivity (Wildman–Crippen MR) is 28.8 cm³/mol. The molecule has 0 fully saturated rings. The second-order valence-corrected chi connectivity index (χ2v) is 2.16. The molecule has 0 amide bonds. The van der Waals surface area contributed by atoms with Crippen molar-refractivity contribution in [3.63, 3.8) is 0 Å². The molecule has 0 saturated heterocycles. The Morgan fingerprint density at radius 1 is 1.83 bits per heavy atom. The third-order valence-corrected chi connectivity index (χ3v) is 1.40. The standard InChI is InChI=1S/C4H6NS/c1-5-3-2-4-6-5/h2-3H,1,4H2. The lowest BCUT2D eigenvalue weighted by Gasteiger charge is -2.00. The van der Waals surface area contributed by atoms with Gasteiger partial charge in [0.1, 0.15) is 0 Å². The third-order valence-electron chi connectivity index (χ3n) is 0.608. The summed E-state index contributed by atoms with van der Waals surface area (Å²) in [4.78, 5) is 0. The van der Waals surface area contributed by atoms with E-state index in [-0.39, 0.29) is 0 Å². The SMILES string of the molecule is [CH2]N1C=CCS1. The molecule has 0 atom stereocenters. The predicted octanol–water partition coefficient (Wildman–Crippen LogP) is 1.26. The van der Waals surface area contributed by atoms with Gasteiger partial charge in [-0.05, 0) is 11.9 Å². The van der Waals surface area contributed by atoms with Crippen molar-refractivity contribution in [1.29, 1.82) is 0 Å². The quantitative estimate of drug-likeness (QED) is 0.421. The molecule has 1 heterocycles. The summed E-state index contributed by atoms with van der Waals surface area (Å²) in [7, 11) is 3.65. The highest BCUT2D eigenvalue weighted by Crippen LogP contribution is 2.14. The van der Waals surface area contributed by atoms with Gasteiger partial charge in [0.05, 0.1) is 0 Å². The van der Waals surface area contributed by atoms with Crippen LogP contribution in [0.1, 0.15) is 0 Å². The molecule has 0 aromatic carbocycles. The molecule has 0 bridgehead atoms. The van der Waals surface area contributed by atoms with E-state index in [1.54, 1.807) is 11.9 Å². The first-order valence-corrected chi connectivity index (χ1v) is 2.73. The van der Waals surface area contributed by atoms with Gasteiger partial charge in [0.2, 0.25) is 0 Å². The highest BCUT2D eigenvalue weighted by Gasteiger charge is 1.94. The van der Waals surface area contributed by atoms with Gasteiger partial charge in [0.25, 0.3) is 0 Å². The van der Waals surface area contributed by atoms with Crippen molar-refractivity contribution in [3.8, 4) is 0 Å². The van der Waals surface area contributed by atoms with Crippen LogP contribution in [0.3, 0.4) is 0 Å². The van der Waals surface area contributed by atoms with Crippen molar-refractivity contribution in [2.75, 3.05) is 5.75 Å². The smallest absolute Gasteiger partial charge is 0.0475 e. The Balaban J connectivity index is 2.38. The molecule has 2 heteroatoms. The average Bonchev–Trinajstić information content (AvgIpc) is 1.86. The molecule has 0 aromatic heterocycles. The van der Waals surface area contributed by atoms with Gasteiger partial charge in [-0.1, -0.05) is 6.08 Å². The van der Waals surface area contributed by atoms with Crippen LogP contribution in [0.25, 0.3) is 0 Å². The van der Waals surface area contributed by atoms with Gasteiger partial charge in [-0.3, -0.25) is 0 Å². The van der Waals surface area contributed by atoms with Crippen LogP contribution in [0.2, 0.25) is 0 Å². The maximum Gasteiger partial charge on any atom is 0.0475 e. The zero-order valence-electron chi connectivity index (χ0n) is 3.42. The van der Waals surface area contributed by atoms with Crippen molar-refractivity contribution in [3.05, 3.63) is 19.3 Å². The van der Waals surface area contributed by atoms with E-state index < -0.39 is 0 Å². The molecule has 0 saturated carbocycles. The topological polar surface area (TPSA) is 3.24 Å². The van der Waals surface area contributed by atoms with Gasteiger partial charge in [0.15, 0.2) is 0 Å². The van der Waals surface area contributed by atoms with E-state index in [0.29, 0.717) is 0 Å². The first-order chi connectivity index (χ1) is 2.89. The van der Waals surface area contributed by atoms with Crippen LogP contribution >= 0.6 is 11.9 Å². The van der Waals surface area contributed by atoms with Crippen LogP contribution in [0.4, 0.5) is 0 Å². The molecular weight excluding hydrogens is 94.1 g/mol. The highest BCUT2D eigenvalue weighted by atomic mass is 32.2. The van der Waals surface area contributed by atoms with Crippen LogP contribution in [0.5, 0.6) is 0 Å². The third kappa shape index (κ3) is 0.684. The molecule has 0 aliphatic carbocycles. The van der Waals surface area contributed by atoms with Gasteiger partial charge < -0.3 is 4.31 Å². The molecule has 1 nitrogen and oxygen atoms in total. The van der Waals surface area contributed by atoms with Gasteiger partial charge in [-0.2, -0.15) is 0 Å². The molecule has 0 aromatic rings. The van der Waals surface area contributed by atoms with Gasteiger partial charge in [0, 0.05) is 19.0 Å². The van der Waals surface area contributed by atoms with Crippen LogP contribution in [-0.4, -0.2) is 10.1 Å². The Morgan fingerprint density at radius 3 is 2.83 bits per heavy atom. The summed E-state index contributed by atoms with van der Waals surface area (Å²) < 4.78 is 1.85. The summed E-state index contributed by atoms with van der Waals surface area (Å²) in [5.41, 5.74) is 0. The second kappa shape index (κ2) is 1.56. The lowest BCUT2D eigenvalue weighted by atomic mass is 10.7. The summed E-state index contributed by atoms with van der Waals surface area (Å²) in [5.74, 6) is 1.09. The van der Waals surface area contributed by atoms with E-state index in [4.69, 9.17) is 0 Å². The van der Waals surface area contributed by atoms with Crippen LogP contribution < -0.4 is 0 Å². The van der Waals surface area contributed by atoms with Gasteiger partial charge in [-0.25, -0.2) is 0 Å². The maximum atomic E-state index is 3.65. The van der Waals surface area contributed by atoms with Gasteiger partial charge >= 0.3 is 0 Å². The molecule has 0 unspecified atom stereocenters. The number of nitrogens with zero attached hydrogens (tertiary/aromatic N) is 1. The van der Waals surface area contributed by atoms with Crippen LogP contribution in [0, 0.1) is 7.05 Å². The van der Waals surface area contributed by atoms with E-state index >= 15 is 0 Å². The Hall–Kier alpha value is -0.110. The normalized spacial score (nSPS) is 19.8. The number of rotatable bonds is 0. The molecule has 0 N–H and O–H groups in total. The monoisotopic (exact) mass is 100 g/mol. The van der Waals surface area contributed by atoms with E-state index in [1.807, 2.05) is 10.5 Å². The minimum absolute atomic E-state index is 1.09. The fourth-order valence-electron chi connectivity index (χ4n) is 0.342. The first kappa shape index (κ1) is 4.06. The molecule has 1 rings (SSSR count). The van der Waals surface area contributed by atoms with E-state index in [9.17, 15) is 0 Å². The highest BCUT2D eigenvalue weighted by molar-refractivity contribution is 7.97. The fraction of sp³-hybridized carbons (Fsp3) is 0.250. The molecule has 33 valence electrons. The van der Waals surface area contributed by atoms with Crippen LogP contribution in [-0.2, 0) is 0 Å². The summed E-state index contributed by atoms with van der Waals surface area (Å²) in [5, 5.41) is 0. The molecule has 1 aliphatic rings. The Bertz CT molecular complexity index is 69.9. The van der Waals surface area contributed by atoms with E-state index in [1.165, 1.54) is 0 Å². The summed E-state index contributed by atoms with van der Waals surface area (Å²) in [6, 6.07) is 0. The Labute approximate surface area is 42.2 Å². The zero-order valence-corrected chi connectivity index (χ0v) is 4.24. The minimum Gasteiger partial charge on any atom is -0.321 e. The number of hydrogen-bond donors (Lipinski definition) is 0. The zero-order chi connectivity index (χ0) is 4.41. The van der Waals surface area contributed by atoms with Gasteiger partial charge in [-0.15, -0.1) is 0 Å². The summed E-state index contributed by atoms with van der Waals surface area (Å²) in [6.45, 7) is 0. The largest absolute Gasteiger partial charge is 0.321 e. The van der Waals surface area contributed by atoms with E-state index in [0.717, 1.165) is 5.75 Å². The summed E-state index contributed by atoms with van der Waals surface area (Å²) >= 11 is 1.71. The lowest BCUT2D eigenvalue weighted by molar-refractivity contribution is 0.863. The lowest BCUT2D eigenvalue weighted by Crippen LogP contribution is -1.86. The number of hydrogen-bond acceptors (Lipinski definition) is 2. The molecule has 1 aliphatic heterocycles. The second-order valence-electron chi connectivity index (χ2n) is 1.10. The molecular formula is C4H6NS. The summed E-state index contributed by atoms with van der Waals surface area (Å²) in [6.07, 6.45) is 4.04. The fourth-order valence-corrected chi connectivity index (χ4v) is 0.878. The van der Waals surface area contributed by atoms with E-state index in [2.05, 4.69) is 13.1 Å². The molecule has 0 spiro atoms.